The first-order chi connectivity index (χ1) is 14.6. The van der Waals surface area contributed by atoms with Crippen LogP contribution in [0.4, 0.5) is 5.69 Å². The zero-order valence-electron chi connectivity index (χ0n) is 16.7. The number of hydrogen-bond acceptors (Lipinski definition) is 3. The topological polar surface area (TPSA) is 49.7 Å². The lowest BCUT2D eigenvalue weighted by atomic mass is 10.0. The molecule has 0 aromatic heterocycles. The van der Waals surface area contributed by atoms with E-state index in [-0.39, 0.29) is 11.7 Å². The number of rotatable bonds is 6. The normalized spacial score (nSPS) is 13.5. The van der Waals surface area contributed by atoms with Crippen molar-refractivity contribution in [2.45, 2.75) is 17.7 Å². The Hall–Kier alpha value is -3.24. The van der Waals surface area contributed by atoms with Gasteiger partial charge in [-0.2, -0.15) is 0 Å². The van der Waals surface area contributed by atoms with Crippen LogP contribution in [0.3, 0.4) is 0 Å². The smallest absolute Gasteiger partial charge is 0.124 e. The quantitative estimate of drug-likeness (QED) is 0.382. The average molecular weight is 414 g/mol. The highest BCUT2D eigenvalue weighted by Crippen LogP contribution is 2.27. The van der Waals surface area contributed by atoms with Crippen molar-refractivity contribution >= 4 is 33.5 Å². The summed E-state index contributed by atoms with van der Waals surface area (Å²) in [6.45, 7) is 2.10. The number of aromatic hydroxyl groups is 1. The van der Waals surface area contributed by atoms with Gasteiger partial charge in [-0.15, -0.1) is 0 Å². The third-order valence-electron chi connectivity index (χ3n) is 5.14. The van der Waals surface area contributed by atoms with E-state index in [1.54, 1.807) is 12.3 Å². The summed E-state index contributed by atoms with van der Waals surface area (Å²) in [5, 5.41) is 12.3. The Morgan fingerprint density at radius 3 is 2.53 bits per heavy atom. The molecule has 4 heteroatoms. The van der Waals surface area contributed by atoms with Gasteiger partial charge in [-0.25, -0.2) is 0 Å². The molecule has 0 spiro atoms. The lowest BCUT2D eigenvalue weighted by Crippen LogP contribution is -2.06. The van der Waals surface area contributed by atoms with Gasteiger partial charge in [0.2, 0.25) is 0 Å². The summed E-state index contributed by atoms with van der Waals surface area (Å²) in [6, 6.07) is 29.1. The van der Waals surface area contributed by atoms with Crippen molar-refractivity contribution in [2.75, 3.05) is 5.75 Å². The van der Waals surface area contributed by atoms with Gasteiger partial charge in [-0.05, 0) is 46.5 Å². The summed E-state index contributed by atoms with van der Waals surface area (Å²) in [5.41, 5.74) is 2.57. The minimum absolute atomic E-state index is 0.189. The van der Waals surface area contributed by atoms with Crippen molar-refractivity contribution < 1.29 is 9.32 Å². The van der Waals surface area contributed by atoms with Crippen LogP contribution in [0.5, 0.6) is 5.75 Å². The Bertz CT molecular complexity index is 1220. The Morgan fingerprint density at radius 1 is 0.933 bits per heavy atom. The van der Waals surface area contributed by atoms with Crippen molar-refractivity contribution in [3.8, 4) is 5.75 Å². The predicted octanol–water partition coefficient (Wildman–Crippen LogP) is 6.21. The van der Waals surface area contributed by atoms with Crippen molar-refractivity contribution in [1.29, 1.82) is 0 Å². The van der Waals surface area contributed by atoms with Gasteiger partial charge in [-0.3, -0.25) is 9.20 Å². The highest BCUT2D eigenvalue weighted by atomic mass is 32.2. The molecule has 4 aromatic carbocycles. The van der Waals surface area contributed by atoms with Crippen molar-refractivity contribution in [2.24, 2.45) is 4.99 Å². The SMILES string of the molecule is CC(CS(=O)c1cccc(N=Cc2c(O)ccc3ccccc23)c1)c1ccccc1. The summed E-state index contributed by atoms with van der Waals surface area (Å²) in [7, 11) is -1.12. The first-order valence-corrected chi connectivity index (χ1v) is 11.2. The molecule has 2 unspecified atom stereocenters. The molecule has 0 amide bonds. The third-order valence-corrected chi connectivity index (χ3v) is 6.72. The molecule has 30 heavy (non-hydrogen) atoms. The molecule has 0 aliphatic heterocycles. The Kier molecular flexibility index (Phi) is 6.05. The van der Waals surface area contributed by atoms with Gasteiger partial charge in [-0.1, -0.05) is 73.7 Å². The van der Waals surface area contributed by atoms with Crippen LogP contribution in [0, 0.1) is 0 Å². The van der Waals surface area contributed by atoms with Crippen molar-refractivity contribution in [1.82, 2.24) is 0 Å². The minimum atomic E-state index is -1.12. The molecule has 0 aliphatic rings. The number of hydrogen-bond donors (Lipinski definition) is 1. The number of benzene rings is 4. The predicted molar refractivity (Wildman–Crippen MR) is 125 cm³/mol. The second-order valence-electron chi connectivity index (χ2n) is 7.30. The summed E-state index contributed by atoms with van der Waals surface area (Å²) in [6.07, 6.45) is 1.67. The Labute approximate surface area is 179 Å². The largest absolute Gasteiger partial charge is 0.507 e. The second-order valence-corrected chi connectivity index (χ2v) is 8.79. The summed E-state index contributed by atoms with van der Waals surface area (Å²) in [5.74, 6) is 0.946. The molecule has 0 aliphatic carbocycles. The third kappa shape index (κ3) is 4.50. The van der Waals surface area contributed by atoms with E-state index in [9.17, 15) is 9.32 Å². The van der Waals surface area contributed by atoms with Crippen LogP contribution < -0.4 is 0 Å². The fraction of sp³-hybridized carbons (Fsp3) is 0.115. The van der Waals surface area contributed by atoms with Crippen LogP contribution in [0.25, 0.3) is 10.8 Å². The zero-order valence-corrected chi connectivity index (χ0v) is 17.5. The van der Waals surface area contributed by atoms with Crippen molar-refractivity contribution in [3.05, 3.63) is 102 Å². The van der Waals surface area contributed by atoms with E-state index in [1.165, 1.54) is 5.56 Å². The number of phenols is 1. The lowest BCUT2D eigenvalue weighted by Gasteiger charge is -2.11. The molecule has 0 saturated carbocycles. The maximum absolute atomic E-state index is 12.9. The van der Waals surface area contributed by atoms with E-state index in [4.69, 9.17) is 0 Å². The summed E-state index contributed by atoms with van der Waals surface area (Å²) >= 11 is 0. The van der Waals surface area contributed by atoms with E-state index < -0.39 is 10.8 Å². The molecular weight excluding hydrogens is 390 g/mol. The van der Waals surface area contributed by atoms with Gasteiger partial charge >= 0.3 is 0 Å². The van der Waals surface area contributed by atoms with Crippen LogP contribution in [0.1, 0.15) is 24.0 Å². The molecule has 0 fully saturated rings. The van der Waals surface area contributed by atoms with E-state index in [1.807, 2.05) is 72.8 Å². The number of nitrogens with zero attached hydrogens (tertiary/aromatic N) is 1. The van der Waals surface area contributed by atoms with E-state index in [0.717, 1.165) is 15.7 Å². The maximum atomic E-state index is 12.9. The molecule has 0 saturated heterocycles. The molecule has 150 valence electrons. The molecule has 0 radical (unpaired) electrons. The molecule has 3 nitrogen and oxygen atoms in total. The molecule has 0 bridgehead atoms. The van der Waals surface area contributed by atoms with E-state index in [0.29, 0.717) is 17.0 Å². The van der Waals surface area contributed by atoms with Crippen LogP contribution >= 0.6 is 0 Å². The monoisotopic (exact) mass is 413 g/mol. The molecule has 0 heterocycles. The molecule has 1 N–H and O–H groups in total. The van der Waals surface area contributed by atoms with Gasteiger partial charge in [0.15, 0.2) is 0 Å². The second kappa shape index (κ2) is 9.06. The van der Waals surface area contributed by atoms with Crippen LogP contribution in [0.15, 0.2) is 101 Å². The number of fused-ring (bicyclic) bond motifs is 1. The fourth-order valence-electron chi connectivity index (χ4n) is 3.47. The Morgan fingerprint density at radius 2 is 1.70 bits per heavy atom. The van der Waals surface area contributed by atoms with Gasteiger partial charge in [0.25, 0.3) is 0 Å². The molecule has 2 atom stereocenters. The summed E-state index contributed by atoms with van der Waals surface area (Å²) < 4.78 is 12.9. The molecular formula is C26H23NO2S. The molecule has 4 aromatic rings. The average Bonchev–Trinajstić information content (AvgIpc) is 2.79. The summed E-state index contributed by atoms with van der Waals surface area (Å²) in [4.78, 5) is 5.31. The van der Waals surface area contributed by atoms with E-state index >= 15 is 0 Å². The van der Waals surface area contributed by atoms with Gasteiger partial charge < -0.3 is 5.11 Å². The first-order valence-electron chi connectivity index (χ1n) is 9.90. The maximum Gasteiger partial charge on any atom is 0.124 e. The van der Waals surface area contributed by atoms with Gasteiger partial charge in [0.05, 0.1) is 16.5 Å². The van der Waals surface area contributed by atoms with Crippen LogP contribution in [-0.2, 0) is 10.8 Å². The van der Waals surface area contributed by atoms with Crippen molar-refractivity contribution in [3.63, 3.8) is 0 Å². The highest BCUT2D eigenvalue weighted by Gasteiger charge is 2.12. The van der Waals surface area contributed by atoms with Gasteiger partial charge in [0, 0.05) is 22.4 Å². The zero-order chi connectivity index (χ0) is 20.9. The standard InChI is InChI=1S/C26H23NO2S/c1-19(20-8-3-2-4-9-20)18-30(29)23-12-7-11-22(16-23)27-17-25-24-13-6-5-10-21(24)14-15-26(25)28/h2-17,19,28H,18H2,1H3. The number of aliphatic imine (C=N–C) groups is 1. The van der Waals surface area contributed by atoms with Crippen LogP contribution in [-0.4, -0.2) is 21.3 Å². The molecule has 4 rings (SSSR count). The minimum Gasteiger partial charge on any atom is -0.507 e. The first kappa shape index (κ1) is 20.0. The Balaban J connectivity index is 1.56. The fourth-order valence-corrected chi connectivity index (χ4v) is 4.79. The van der Waals surface area contributed by atoms with Gasteiger partial charge in [0.1, 0.15) is 5.75 Å². The lowest BCUT2D eigenvalue weighted by molar-refractivity contribution is 0.475. The number of phenolic OH excluding ortho intramolecular Hbond substituents is 1. The van der Waals surface area contributed by atoms with E-state index in [2.05, 4.69) is 24.0 Å². The van der Waals surface area contributed by atoms with Crippen LogP contribution in [0.2, 0.25) is 0 Å². The highest BCUT2D eigenvalue weighted by molar-refractivity contribution is 7.85.